The van der Waals surface area contributed by atoms with Crippen molar-refractivity contribution in [2.24, 2.45) is 0 Å². The minimum Gasteiger partial charge on any atom is -0.497 e. The molecule has 4 aromatic rings. The largest absolute Gasteiger partial charge is 0.497 e. The zero-order valence-corrected chi connectivity index (χ0v) is 21.8. The summed E-state index contributed by atoms with van der Waals surface area (Å²) in [5, 5.41) is 16.9. The summed E-state index contributed by atoms with van der Waals surface area (Å²) in [7, 11) is 3.11. The Balaban J connectivity index is 1.59. The Kier molecular flexibility index (Phi) is 7.44. The van der Waals surface area contributed by atoms with E-state index in [2.05, 4.69) is 47.0 Å². The minimum atomic E-state index is -1.12. The van der Waals surface area contributed by atoms with Gasteiger partial charge in [-0.15, -0.1) is 5.10 Å². The molecule has 0 fully saturated rings. The highest BCUT2D eigenvalue weighted by Gasteiger charge is 2.17. The monoisotopic (exact) mass is 605 g/mol. The molecule has 0 aliphatic carbocycles. The second-order valence-corrected chi connectivity index (χ2v) is 9.59. The maximum Gasteiger partial charge on any atom is 0.342 e. The molecule has 174 valence electrons. The van der Waals surface area contributed by atoms with E-state index in [1.165, 1.54) is 6.08 Å². The minimum absolute atomic E-state index is 0.00276. The summed E-state index contributed by atoms with van der Waals surface area (Å²) in [4.78, 5) is 16.3. The highest BCUT2D eigenvalue weighted by molar-refractivity contribution is 9.11. The van der Waals surface area contributed by atoms with Crippen LogP contribution in [0.2, 0.25) is 0 Å². The third kappa shape index (κ3) is 5.54. The van der Waals surface area contributed by atoms with Gasteiger partial charge in [0.15, 0.2) is 5.82 Å². The van der Waals surface area contributed by atoms with Crippen molar-refractivity contribution in [3.8, 4) is 34.2 Å². The molecule has 0 aliphatic rings. The van der Waals surface area contributed by atoms with Crippen molar-refractivity contribution in [2.45, 2.75) is 5.16 Å². The van der Waals surface area contributed by atoms with Gasteiger partial charge >= 0.3 is 5.97 Å². The number of halogens is 2. The number of aliphatic carboxylic acids is 1. The molecule has 0 bridgehead atoms. The van der Waals surface area contributed by atoms with Gasteiger partial charge in [-0.2, -0.15) is 0 Å². The Morgan fingerprint density at radius 3 is 2.50 bits per heavy atom. The van der Waals surface area contributed by atoms with E-state index in [9.17, 15) is 9.90 Å². The quantitative estimate of drug-likeness (QED) is 0.173. The first-order valence-corrected chi connectivity index (χ1v) is 12.1. The second kappa shape index (κ2) is 10.5. The third-order valence-corrected chi connectivity index (χ3v) is 6.66. The molecule has 0 saturated carbocycles. The van der Waals surface area contributed by atoms with Crippen molar-refractivity contribution in [1.82, 2.24) is 15.2 Å². The molecular formula is C23H17Br2N3O5S. The molecule has 8 nitrogen and oxygen atoms in total. The SMILES string of the molecule is COc1cc(OC)cc(-c2nc(S/C(=C/c3ccc(-c4cc(Br)ccc4Br)o3)C(=O)O)n[nH]2)c1. The van der Waals surface area contributed by atoms with Crippen molar-refractivity contribution in [3.63, 3.8) is 0 Å². The summed E-state index contributed by atoms with van der Waals surface area (Å²) in [6, 6.07) is 14.5. The predicted octanol–water partition coefficient (Wildman–Crippen LogP) is 6.49. The third-order valence-electron chi connectivity index (χ3n) is 4.60. The van der Waals surface area contributed by atoms with Gasteiger partial charge in [0.1, 0.15) is 27.9 Å². The molecule has 0 saturated heterocycles. The number of carboxylic acids is 1. The van der Waals surface area contributed by atoms with Gasteiger partial charge in [-0.3, -0.25) is 5.10 Å². The number of hydrogen-bond donors (Lipinski definition) is 2. The van der Waals surface area contributed by atoms with Gasteiger partial charge in [0.25, 0.3) is 0 Å². The summed E-state index contributed by atoms with van der Waals surface area (Å²) >= 11 is 7.86. The average Bonchev–Trinajstić information content (AvgIpc) is 3.49. The number of carboxylic acid groups (broad SMARTS) is 1. The molecule has 11 heteroatoms. The van der Waals surface area contributed by atoms with Gasteiger partial charge in [-0.1, -0.05) is 31.9 Å². The van der Waals surface area contributed by atoms with Crippen LogP contribution in [-0.4, -0.2) is 40.5 Å². The number of carbonyl (C=O) groups is 1. The van der Waals surface area contributed by atoms with Crippen molar-refractivity contribution >= 4 is 55.7 Å². The van der Waals surface area contributed by atoms with Crippen molar-refractivity contribution in [1.29, 1.82) is 0 Å². The maximum absolute atomic E-state index is 11.9. The molecule has 0 aliphatic heterocycles. The molecule has 0 amide bonds. The van der Waals surface area contributed by atoms with Crippen LogP contribution in [0, 0.1) is 0 Å². The van der Waals surface area contributed by atoms with Crippen molar-refractivity contribution in [3.05, 3.63) is 68.1 Å². The fourth-order valence-electron chi connectivity index (χ4n) is 2.99. The Morgan fingerprint density at radius 2 is 1.82 bits per heavy atom. The normalized spacial score (nSPS) is 11.5. The molecule has 0 atom stereocenters. The summed E-state index contributed by atoms with van der Waals surface area (Å²) in [5.74, 6) is 1.50. The zero-order valence-electron chi connectivity index (χ0n) is 17.8. The second-order valence-electron chi connectivity index (χ2n) is 6.81. The number of furan rings is 1. The fraction of sp³-hybridized carbons (Fsp3) is 0.0870. The summed E-state index contributed by atoms with van der Waals surface area (Å²) in [6.07, 6.45) is 1.44. The van der Waals surface area contributed by atoms with Crippen LogP contribution in [0.25, 0.3) is 28.8 Å². The molecule has 0 radical (unpaired) electrons. The number of thioether (sulfide) groups is 1. The van der Waals surface area contributed by atoms with E-state index in [1.54, 1.807) is 44.6 Å². The Bertz CT molecular complexity index is 1360. The van der Waals surface area contributed by atoms with Crippen LogP contribution in [0.4, 0.5) is 0 Å². The van der Waals surface area contributed by atoms with Crippen LogP contribution in [0.15, 0.2) is 72.0 Å². The summed E-state index contributed by atoms with van der Waals surface area (Å²) < 4.78 is 18.2. The number of H-pyrrole nitrogens is 1. The van der Waals surface area contributed by atoms with Crippen LogP contribution >= 0.6 is 43.6 Å². The van der Waals surface area contributed by atoms with Gasteiger partial charge in [0.2, 0.25) is 5.16 Å². The van der Waals surface area contributed by atoms with Crippen molar-refractivity contribution < 1.29 is 23.8 Å². The van der Waals surface area contributed by atoms with Crippen LogP contribution in [0.3, 0.4) is 0 Å². The van der Waals surface area contributed by atoms with Gasteiger partial charge in [-0.05, 0) is 54.2 Å². The smallest absolute Gasteiger partial charge is 0.342 e. The van der Waals surface area contributed by atoms with E-state index in [0.29, 0.717) is 34.4 Å². The Labute approximate surface area is 215 Å². The number of nitrogens with one attached hydrogen (secondary N) is 1. The molecule has 0 spiro atoms. The number of aromatic nitrogens is 3. The lowest BCUT2D eigenvalue weighted by Gasteiger charge is -2.06. The van der Waals surface area contributed by atoms with Gasteiger partial charge in [-0.25, -0.2) is 9.78 Å². The molecular weight excluding hydrogens is 590 g/mol. The van der Waals surface area contributed by atoms with E-state index in [-0.39, 0.29) is 10.1 Å². The van der Waals surface area contributed by atoms with Crippen LogP contribution < -0.4 is 9.47 Å². The summed E-state index contributed by atoms with van der Waals surface area (Å²) in [5.41, 5.74) is 1.53. The maximum atomic E-state index is 11.9. The topological polar surface area (TPSA) is 110 Å². The molecule has 34 heavy (non-hydrogen) atoms. The first-order chi connectivity index (χ1) is 16.4. The van der Waals surface area contributed by atoms with Crippen LogP contribution in [0.5, 0.6) is 11.5 Å². The number of aromatic amines is 1. The molecule has 2 N–H and O–H groups in total. The van der Waals surface area contributed by atoms with Gasteiger partial charge < -0.3 is 19.0 Å². The Morgan fingerprint density at radius 1 is 1.09 bits per heavy atom. The van der Waals surface area contributed by atoms with E-state index in [1.807, 2.05) is 18.2 Å². The number of nitrogens with zero attached hydrogens (tertiary/aromatic N) is 2. The first-order valence-electron chi connectivity index (χ1n) is 9.70. The number of rotatable bonds is 8. The lowest BCUT2D eigenvalue weighted by atomic mass is 10.2. The fourth-order valence-corrected chi connectivity index (χ4v) is 4.48. The molecule has 2 aromatic carbocycles. The van der Waals surface area contributed by atoms with Gasteiger partial charge in [0.05, 0.1) is 14.2 Å². The predicted molar refractivity (Wildman–Crippen MR) is 136 cm³/mol. The van der Waals surface area contributed by atoms with Crippen molar-refractivity contribution in [2.75, 3.05) is 14.2 Å². The van der Waals surface area contributed by atoms with E-state index in [4.69, 9.17) is 13.9 Å². The lowest BCUT2D eigenvalue weighted by molar-refractivity contribution is -0.131. The summed E-state index contributed by atoms with van der Waals surface area (Å²) in [6.45, 7) is 0. The van der Waals surface area contributed by atoms with Crippen LogP contribution in [-0.2, 0) is 4.79 Å². The van der Waals surface area contributed by atoms with E-state index in [0.717, 1.165) is 26.3 Å². The standard InChI is InChI=1S/C23H17Br2N3O5S/c1-31-15-7-12(8-16(10-15)32-2)21-26-23(28-27-21)34-20(22(29)30)11-14-4-6-19(33-14)17-9-13(24)3-5-18(17)25/h3-11H,1-2H3,(H,29,30)(H,26,27,28)/b20-11+. The average molecular weight is 607 g/mol. The highest BCUT2D eigenvalue weighted by atomic mass is 79.9. The molecule has 4 rings (SSSR count). The van der Waals surface area contributed by atoms with Gasteiger partial charge in [0, 0.05) is 32.2 Å². The first kappa shape index (κ1) is 24.1. The number of ether oxygens (including phenoxy) is 2. The molecule has 2 aromatic heterocycles. The molecule has 0 unspecified atom stereocenters. The van der Waals surface area contributed by atoms with E-state index < -0.39 is 5.97 Å². The number of hydrogen-bond acceptors (Lipinski definition) is 7. The zero-order chi connectivity index (χ0) is 24.2. The number of methoxy groups -OCH3 is 2. The highest BCUT2D eigenvalue weighted by Crippen LogP contribution is 2.34. The lowest BCUT2D eigenvalue weighted by Crippen LogP contribution is -1.97. The van der Waals surface area contributed by atoms with E-state index >= 15 is 0 Å². The van der Waals surface area contributed by atoms with Crippen LogP contribution in [0.1, 0.15) is 5.76 Å². The molecule has 2 heterocycles. The number of benzene rings is 2. The Hall–Kier alpha value is -3.02.